The predicted octanol–water partition coefficient (Wildman–Crippen LogP) is 2.02. The van der Waals surface area contributed by atoms with E-state index in [1.54, 1.807) is 24.1 Å². The molecule has 0 unspecified atom stereocenters. The van der Waals surface area contributed by atoms with Crippen LogP contribution in [0.4, 0.5) is 10.5 Å². The maximum Gasteiger partial charge on any atom is 0.339 e. The Kier molecular flexibility index (Phi) is 6.87. The summed E-state index contributed by atoms with van der Waals surface area (Å²) in [5.41, 5.74) is 1.80. The van der Waals surface area contributed by atoms with Gasteiger partial charge in [-0.15, -0.1) is 0 Å². The second kappa shape index (κ2) is 9.97. The van der Waals surface area contributed by atoms with Gasteiger partial charge in [-0.2, -0.15) is 0 Å². The van der Waals surface area contributed by atoms with Gasteiger partial charge < -0.3 is 19.1 Å². The van der Waals surface area contributed by atoms with Crippen molar-refractivity contribution in [3.05, 3.63) is 53.9 Å². The molecular weight excluding hydrogens is 412 g/mol. The molecule has 2 amide bonds. The van der Waals surface area contributed by atoms with Gasteiger partial charge in [-0.1, -0.05) is 0 Å². The van der Waals surface area contributed by atoms with Crippen LogP contribution in [-0.2, 0) is 16.0 Å². The van der Waals surface area contributed by atoms with E-state index < -0.39 is 5.97 Å². The lowest BCUT2D eigenvalue weighted by molar-refractivity contribution is -0.0738. The van der Waals surface area contributed by atoms with Crippen LogP contribution in [0, 0.1) is 0 Å². The molecule has 1 aromatic heterocycles. The van der Waals surface area contributed by atoms with Gasteiger partial charge in [0.1, 0.15) is 5.75 Å². The molecule has 9 nitrogen and oxygen atoms in total. The topological polar surface area (TPSA) is 84.4 Å². The highest BCUT2D eigenvalue weighted by Crippen LogP contribution is 2.23. The number of rotatable bonds is 6. The van der Waals surface area contributed by atoms with Gasteiger partial charge in [0.15, 0.2) is 0 Å². The monoisotopic (exact) mass is 440 g/mol. The number of hydrogen-bond acceptors (Lipinski definition) is 7. The van der Waals surface area contributed by atoms with Crippen LogP contribution in [0.1, 0.15) is 16.1 Å². The number of amides is 2. The highest BCUT2D eigenvalue weighted by Gasteiger charge is 2.32. The van der Waals surface area contributed by atoms with Gasteiger partial charge in [0.25, 0.3) is 0 Å². The van der Waals surface area contributed by atoms with Gasteiger partial charge in [0, 0.05) is 38.1 Å². The van der Waals surface area contributed by atoms with Crippen LogP contribution in [0.25, 0.3) is 0 Å². The smallest absolute Gasteiger partial charge is 0.339 e. The van der Waals surface area contributed by atoms with Gasteiger partial charge in [0.2, 0.25) is 0 Å². The fourth-order valence-electron chi connectivity index (χ4n) is 3.83. The number of benzene rings is 1. The summed E-state index contributed by atoms with van der Waals surface area (Å²) in [6, 6.07) is 11.2. The molecule has 4 rings (SSSR count). The molecule has 0 spiro atoms. The zero-order valence-corrected chi connectivity index (χ0v) is 18.4. The van der Waals surface area contributed by atoms with E-state index in [9.17, 15) is 9.59 Å². The first-order valence-corrected chi connectivity index (χ1v) is 10.6. The van der Waals surface area contributed by atoms with Gasteiger partial charge >= 0.3 is 12.0 Å². The number of hydrogen-bond donors (Lipinski definition) is 0. The summed E-state index contributed by atoms with van der Waals surface area (Å²) in [4.78, 5) is 35.5. The number of ether oxygens (including phenoxy) is 3. The van der Waals surface area contributed by atoms with Crippen LogP contribution in [0.3, 0.4) is 0 Å². The number of esters is 1. The summed E-state index contributed by atoms with van der Waals surface area (Å²) < 4.78 is 15.3. The molecule has 2 aliphatic heterocycles. The van der Waals surface area contributed by atoms with E-state index >= 15 is 0 Å². The minimum absolute atomic E-state index is 0.0708. The summed E-state index contributed by atoms with van der Waals surface area (Å²) in [6.45, 7) is 4.83. The van der Waals surface area contributed by atoms with E-state index in [0.717, 1.165) is 37.7 Å². The molecule has 0 atom stereocenters. The second-order valence-electron chi connectivity index (χ2n) is 7.81. The molecule has 2 aromatic rings. The Morgan fingerprint density at radius 2 is 1.78 bits per heavy atom. The molecule has 2 fully saturated rings. The Morgan fingerprint density at radius 1 is 1.06 bits per heavy atom. The van der Waals surface area contributed by atoms with Crippen molar-refractivity contribution in [3.63, 3.8) is 0 Å². The summed E-state index contributed by atoms with van der Waals surface area (Å²) in [5, 5.41) is 0. The van der Waals surface area contributed by atoms with Crippen molar-refractivity contribution >= 4 is 17.7 Å². The lowest BCUT2D eigenvalue weighted by atomic mass is 10.2. The van der Waals surface area contributed by atoms with Crippen molar-refractivity contribution < 1.29 is 23.8 Å². The van der Waals surface area contributed by atoms with Crippen LogP contribution in [0.15, 0.2) is 42.6 Å². The van der Waals surface area contributed by atoms with Crippen LogP contribution < -0.4 is 9.64 Å². The Hall–Kier alpha value is -3.17. The predicted molar refractivity (Wildman–Crippen MR) is 118 cm³/mol. The second-order valence-corrected chi connectivity index (χ2v) is 7.81. The first kappa shape index (κ1) is 22.0. The van der Waals surface area contributed by atoms with E-state index in [1.807, 2.05) is 29.2 Å². The number of urea groups is 1. The minimum Gasteiger partial charge on any atom is -0.497 e. The van der Waals surface area contributed by atoms with E-state index in [-0.39, 0.29) is 12.6 Å². The van der Waals surface area contributed by atoms with Gasteiger partial charge in [0.05, 0.1) is 51.3 Å². The maximum atomic E-state index is 13.5. The van der Waals surface area contributed by atoms with E-state index in [2.05, 4.69) is 9.88 Å². The molecule has 3 heterocycles. The average Bonchev–Trinajstić information content (AvgIpc) is 2.81. The average molecular weight is 441 g/mol. The number of aromatic nitrogens is 1. The summed E-state index contributed by atoms with van der Waals surface area (Å²) >= 11 is 0. The Morgan fingerprint density at radius 3 is 2.31 bits per heavy atom. The fourth-order valence-corrected chi connectivity index (χ4v) is 3.83. The first-order valence-electron chi connectivity index (χ1n) is 10.6. The highest BCUT2D eigenvalue weighted by atomic mass is 16.5. The normalized spacial score (nSPS) is 16.9. The Bertz CT molecular complexity index is 922. The molecule has 32 heavy (non-hydrogen) atoms. The third-order valence-electron chi connectivity index (χ3n) is 5.90. The third kappa shape index (κ3) is 4.84. The maximum absolute atomic E-state index is 13.5. The van der Waals surface area contributed by atoms with Crippen LogP contribution in [0.2, 0.25) is 0 Å². The number of methoxy groups -OCH3 is 2. The van der Waals surface area contributed by atoms with Gasteiger partial charge in [-0.25, -0.2) is 9.59 Å². The number of piperazine rings is 1. The molecule has 170 valence electrons. The molecule has 9 heteroatoms. The number of anilines is 1. The van der Waals surface area contributed by atoms with E-state index in [1.165, 1.54) is 13.3 Å². The van der Waals surface area contributed by atoms with Gasteiger partial charge in [-0.05, 0) is 36.4 Å². The molecule has 0 bridgehead atoms. The molecule has 0 radical (unpaired) electrons. The molecule has 2 aliphatic rings. The van der Waals surface area contributed by atoms with Crippen molar-refractivity contribution in [2.45, 2.75) is 12.6 Å². The van der Waals surface area contributed by atoms with Crippen LogP contribution in [-0.4, -0.2) is 86.4 Å². The number of pyridine rings is 1. The molecule has 0 aliphatic carbocycles. The number of nitrogens with zero attached hydrogens (tertiary/aromatic N) is 4. The summed E-state index contributed by atoms with van der Waals surface area (Å²) in [6.07, 6.45) is 1.47. The van der Waals surface area contributed by atoms with Gasteiger partial charge in [-0.3, -0.25) is 14.8 Å². The quantitative estimate of drug-likeness (QED) is 0.636. The van der Waals surface area contributed by atoms with E-state index in [4.69, 9.17) is 14.2 Å². The molecule has 2 saturated heterocycles. The molecular formula is C23H28N4O5. The van der Waals surface area contributed by atoms with Crippen molar-refractivity contribution in [1.29, 1.82) is 0 Å². The lowest BCUT2D eigenvalue weighted by Gasteiger charge is -2.43. The van der Waals surface area contributed by atoms with E-state index in [0.29, 0.717) is 30.4 Å². The fraction of sp³-hybridized carbons (Fsp3) is 0.435. The lowest BCUT2D eigenvalue weighted by Crippen LogP contribution is -2.59. The largest absolute Gasteiger partial charge is 0.497 e. The molecule has 1 aromatic carbocycles. The van der Waals surface area contributed by atoms with Crippen molar-refractivity contribution in [2.75, 3.05) is 58.5 Å². The van der Waals surface area contributed by atoms with Crippen molar-refractivity contribution in [1.82, 2.24) is 14.8 Å². The van der Waals surface area contributed by atoms with Crippen LogP contribution in [0.5, 0.6) is 5.75 Å². The minimum atomic E-state index is -0.443. The zero-order chi connectivity index (χ0) is 22.5. The number of carbonyl (C=O) groups is 2. The molecule has 0 saturated carbocycles. The Balaban J connectivity index is 1.50. The SMILES string of the molecule is COC(=O)c1ccc(CN(C(=O)N2CCN(C3COC3)CC2)c2ccc(OC)cc2)nc1. The number of carbonyl (C=O) groups excluding carboxylic acids is 2. The van der Waals surface area contributed by atoms with Crippen LogP contribution >= 0.6 is 0 Å². The van der Waals surface area contributed by atoms with Crippen molar-refractivity contribution in [2.24, 2.45) is 0 Å². The first-order chi connectivity index (χ1) is 15.6. The van der Waals surface area contributed by atoms with Crippen molar-refractivity contribution in [3.8, 4) is 5.75 Å². The standard InChI is InChI=1S/C23H28N4O5/c1-30-21-7-5-19(6-8-21)27(14-18-4-3-17(13-24-18)22(28)31-2)23(29)26-11-9-25(10-12-26)20-15-32-16-20/h3-8,13,20H,9-12,14-16H2,1-2H3. The Labute approximate surface area is 187 Å². The summed E-state index contributed by atoms with van der Waals surface area (Å²) in [5.74, 6) is 0.278. The zero-order valence-electron chi connectivity index (χ0n) is 18.4. The molecule has 0 N–H and O–H groups in total. The third-order valence-corrected chi connectivity index (χ3v) is 5.90. The highest BCUT2D eigenvalue weighted by molar-refractivity contribution is 5.92. The summed E-state index contributed by atoms with van der Waals surface area (Å²) in [7, 11) is 2.94.